The predicted molar refractivity (Wildman–Crippen MR) is 75.8 cm³/mol. The van der Waals surface area contributed by atoms with E-state index < -0.39 is 0 Å². The molecule has 0 bridgehead atoms. The minimum absolute atomic E-state index is 0.186. The first-order valence-corrected chi connectivity index (χ1v) is 6.27. The quantitative estimate of drug-likeness (QED) is 0.646. The molecule has 2 N–H and O–H groups in total. The van der Waals surface area contributed by atoms with Crippen molar-refractivity contribution in [2.45, 2.75) is 13.8 Å². The van der Waals surface area contributed by atoms with E-state index in [1.54, 1.807) is 6.92 Å². The van der Waals surface area contributed by atoms with Crippen LogP contribution in [0, 0.1) is 6.92 Å². The first kappa shape index (κ1) is 13.1. The Labute approximate surface area is 119 Å². The molecule has 0 saturated carbocycles. The van der Waals surface area contributed by atoms with Gasteiger partial charge in [0, 0.05) is 5.56 Å². The van der Waals surface area contributed by atoms with Gasteiger partial charge in [-0.05, 0) is 32.0 Å². The predicted octanol–water partition coefficient (Wildman–Crippen LogP) is 1.04. The van der Waals surface area contributed by atoms with Gasteiger partial charge in [0.05, 0.1) is 5.71 Å². The number of nitrogens with zero attached hydrogens (tertiary/aromatic N) is 3. The van der Waals surface area contributed by atoms with Crippen LogP contribution in [-0.2, 0) is 0 Å². The minimum Gasteiger partial charge on any atom is -0.454 e. The zero-order valence-electron chi connectivity index (χ0n) is 11.5. The number of aryl methyl sites for hydroxylation is 1. The van der Waals surface area contributed by atoms with E-state index in [1.165, 1.54) is 0 Å². The molecule has 2 aromatic rings. The average molecular weight is 287 g/mol. The highest BCUT2D eigenvalue weighted by molar-refractivity contribution is 5.99. The number of benzene rings is 1. The standard InChI is InChI=1S/C13H13N5O3/c1-7(9-3-4-10-11(5-9)21-6-20-10)15-17-13-14-12(19)8(2)16-18-13/h3-5H,6H2,1-2H3,(H2,14,17,18,19)/b15-7+. The molecule has 0 fully saturated rings. The van der Waals surface area contributed by atoms with E-state index in [0.717, 1.165) is 5.56 Å². The van der Waals surface area contributed by atoms with Gasteiger partial charge in [-0.1, -0.05) is 0 Å². The van der Waals surface area contributed by atoms with Crippen molar-refractivity contribution in [2.24, 2.45) is 5.10 Å². The average Bonchev–Trinajstić information content (AvgIpc) is 2.95. The van der Waals surface area contributed by atoms with Crippen LogP contribution in [0.15, 0.2) is 28.1 Å². The van der Waals surface area contributed by atoms with Gasteiger partial charge in [0.25, 0.3) is 5.56 Å². The molecule has 1 aliphatic rings. The zero-order chi connectivity index (χ0) is 14.8. The van der Waals surface area contributed by atoms with Gasteiger partial charge < -0.3 is 9.47 Å². The molecule has 0 amide bonds. The third-order valence-electron chi connectivity index (χ3n) is 2.98. The molecule has 2 heterocycles. The molecular formula is C13H13N5O3. The highest BCUT2D eigenvalue weighted by atomic mass is 16.7. The Hall–Kier alpha value is -2.90. The van der Waals surface area contributed by atoms with Crippen LogP contribution in [0.25, 0.3) is 0 Å². The lowest BCUT2D eigenvalue weighted by Crippen LogP contribution is -2.16. The van der Waals surface area contributed by atoms with Gasteiger partial charge in [-0.3, -0.25) is 9.78 Å². The van der Waals surface area contributed by atoms with Crippen molar-refractivity contribution >= 4 is 11.7 Å². The number of nitrogens with one attached hydrogen (secondary N) is 2. The van der Waals surface area contributed by atoms with Gasteiger partial charge in [-0.2, -0.15) is 5.10 Å². The normalized spacial score (nSPS) is 13.3. The number of hydrogen-bond acceptors (Lipinski definition) is 7. The van der Waals surface area contributed by atoms with E-state index in [9.17, 15) is 4.79 Å². The number of ether oxygens (including phenoxy) is 2. The summed E-state index contributed by atoms with van der Waals surface area (Å²) < 4.78 is 10.6. The molecular weight excluding hydrogens is 274 g/mol. The fourth-order valence-corrected chi connectivity index (χ4v) is 1.77. The van der Waals surface area contributed by atoms with E-state index in [4.69, 9.17) is 9.47 Å². The van der Waals surface area contributed by atoms with Crippen molar-refractivity contribution in [3.05, 3.63) is 39.8 Å². The number of hydrazone groups is 1. The van der Waals surface area contributed by atoms with Crippen molar-refractivity contribution in [3.8, 4) is 11.5 Å². The first-order valence-electron chi connectivity index (χ1n) is 6.27. The Morgan fingerprint density at radius 1 is 1.33 bits per heavy atom. The summed E-state index contributed by atoms with van der Waals surface area (Å²) in [5, 5.41) is 11.7. The maximum absolute atomic E-state index is 11.4. The first-order chi connectivity index (χ1) is 10.1. The minimum atomic E-state index is -0.302. The van der Waals surface area contributed by atoms with Gasteiger partial charge in [-0.25, -0.2) is 5.43 Å². The van der Waals surface area contributed by atoms with Crippen LogP contribution in [0.3, 0.4) is 0 Å². The molecule has 21 heavy (non-hydrogen) atoms. The number of aromatic nitrogens is 3. The molecule has 108 valence electrons. The highest BCUT2D eigenvalue weighted by Gasteiger charge is 2.14. The fourth-order valence-electron chi connectivity index (χ4n) is 1.77. The van der Waals surface area contributed by atoms with Gasteiger partial charge in [0.1, 0.15) is 5.69 Å². The Bertz CT molecular complexity index is 769. The van der Waals surface area contributed by atoms with E-state index >= 15 is 0 Å². The van der Waals surface area contributed by atoms with Gasteiger partial charge in [-0.15, -0.1) is 10.2 Å². The van der Waals surface area contributed by atoms with Crippen LogP contribution < -0.4 is 20.5 Å². The number of fused-ring (bicyclic) bond motifs is 1. The topological polar surface area (TPSA) is 101 Å². The monoisotopic (exact) mass is 287 g/mol. The molecule has 8 nitrogen and oxygen atoms in total. The SMILES string of the molecule is C/C(=N\Nc1nnc(C)c(=O)[nH]1)c1ccc2c(c1)OCO2. The van der Waals surface area contributed by atoms with Crippen molar-refractivity contribution < 1.29 is 9.47 Å². The summed E-state index contributed by atoms with van der Waals surface area (Å²) in [7, 11) is 0. The summed E-state index contributed by atoms with van der Waals surface area (Å²) in [4.78, 5) is 13.9. The van der Waals surface area contributed by atoms with Crippen LogP contribution in [0.5, 0.6) is 11.5 Å². The number of aromatic amines is 1. The molecule has 0 radical (unpaired) electrons. The molecule has 0 aliphatic carbocycles. The molecule has 1 aromatic carbocycles. The summed E-state index contributed by atoms with van der Waals surface area (Å²) in [5.41, 5.74) is 4.24. The maximum atomic E-state index is 11.4. The third-order valence-corrected chi connectivity index (χ3v) is 2.98. The van der Waals surface area contributed by atoms with Gasteiger partial charge >= 0.3 is 0 Å². The lowest BCUT2D eigenvalue weighted by atomic mass is 10.1. The second-order valence-electron chi connectivity index (χ2n) is 4.47. The largest absolute Gasteiger partial charge is 0.454 e. The van der Waals surface area contributed by atoms with Gasteiger partial charge in [0.15, 0.2) is 11.5 Å². The molecule has 3 rings (SSSR count). The molecule has 1 aliphatic heterocycles. The third kappa shape index (κ3) is 2.69. The molecule has 0 saturated heterocycles. The van der Waals surface area contributed by atoms with E-state index in [2.05, 4.69) is 25.7 Å². The van der Waals surface area contributed by atoms with E-state index in [1.807, 2.05) is 25.1 Å². The van der Waals surface area contributed by atoms with E-state index in [0.29, 0.717) is 22.9 Å². The summed E-state index contributed by atoms with van der Waals surface area (Å²) in [6.07, 6.45) is 0. The summed E-state index contributed by atoms with van der Waals surface area (Å²) in [5.74, 6) is 1.59. The van der Waals surface area contributed by atoms with Crippen LogP contribution in [-0.4, -0.2) is 27.7 Å². The van der Waals surface area contributed by atoms with Crippen LogP contribution in [0.2, 0.25) is 0 Å². The Morgan fingerprint density at radius 3 is 2.95 bits per heavy atom. The second-order valence-corrected chi connectivity index (χ2v) is 4.47. The molecule has 0 spiro atoms. The summed E-state index contributed by atoms with van der Waals surface area (Å²) in [6.45, 7) is 3.63. The van der Waals surface area contributed by atoms with Crippen molar-refractivity contribution in [2.75, 3.05) is 12.2 Å². The number of H-pyrrole nitrogens is 1. The maximum Gasteiger partial charge on any atom is 0.274 e. The molecule has 0 atom stereocenters. The Kier molecular flexibility index (Phi) is 3.27. The molecule has 1 aromatic heterocycles. The molecule has 8 heteroatoms. The second kappa shape index (κ2) is 5.23. The lowest BCUT2D eigenvalue weighted by molar-refractivity contribution is 0.174. The fraction of sp³-hybridized carbons (Fsp3) is 0.231. The van der Waals surface area contributed by atoms with Crippen LogP contribution >= 0.6 is 0 Å². The summed E-state index contributed by atoms with van der Waals surface area (Å²) in [6, 6.07) is 5.54. The van der Waals surface area contributed by atoms with Gasteiger partial charge in [0.2, 0.25) is 12.7 Å². The lowest BCUT2D eigenvalue weighted by Gasteiger charge is -2.04. The number of hydrogen-bond donors (Lipinski definition) is 2. The molecule has 0 unspecified atom stereocenters. The Balaban J connectivity index is 1.79. The van der Waals surface area contributed by atoms with Crippen molar-refractivity contribution in [1.29, 1.82) is 0 Å². The van der Waals surface area contributed by atoms with E-state index in [-0.39, 0.29) is 18.3 Å². The number of rotatable bonds is 3. The van der Waals surface area contributed by atoms with Crippen LogP contribution in [0.4, 0.5) is 5.95 Å². The zero-order valence-corrected chi connectivity index (χ0v) is 11.5. The van der Waals surface area contributed by atoms with Crippen LogP contribution in [0.1, 0.15) is 18.2 Å². The highest BCUT2D eigenvalue weighted by Crippen LogP contribution is 2.32. The number of anilines is 1. The van der Waals surface area contributed by atoms with Crippen molar-refractivity contribution in [1.82, 2.24) is 15.2 Å². The summed E-state index contributed by atoms with van der Waals surface area (Å²) >= 11 is 0. The smallest absolute Gasteiger partial charge is 0.274 e. The Morgan fingerprint density at radius 2 is 2.14 bits per heavy atom. The van der Waals surface area contributed by atoms with Crippen molar-refractivity contribution in [3.63, 3.8) is 0 Å².